The minimum Gasteiger partial charge on any atom is -0.204 e. The molecule has 1 saturated carbocycles. The second-order valence-corrected chi connectivity index (χ2v) is 6.02. The molecule has 1 heteroatoms. The van der Waals surface area contributed by atoms with Crippen LogP contribution in [-0.2, 0) is 7.05 Å². The molecule has 1 nitrogen and oxygen atoms in total. The second-order valence-electron chi connectivity index (χ2n) is 6.02. The van der Waals surface area contributed by atoms with Gasteiger partial charge in [-0.1, -0.05) is 25.1 Å². The van der Waals surface area contributed by atoms with Crippen LogP contribution in [0.3, 0.4) is 0 Å². The van der Waals surface area contributed by atoms with Crippen LogP contribution in [0.1, 0.15) is 36.1 Å². The van der Waals surface area contributed by atoms with E-state index in [4.69, 9.17) is 0 Å². The highest BCUT2D eigenvalue weighted by Gasteiger charge is 2.39. The normalized spacial score (nSPS) is 21.5. The lowest BCUT2D eigenvalue weighted by atomic mass is 9.98. The number of benzene rings is 1. The molecule has 2 atom stereocenters. The molecular formula is C18H22N+. The third-order valence-electron chi connectivity index (χ3n) is 4.58. The van der Waals surface area contributed by atoms with Crippen LogP contribution in [0.15, 0.2) is 36.5 Å². The molecule has 0 bridgehead atoms. The minimum atomic E-state index is 0.776. The summed E-state index contributed by atoms with van der Waals surface area (Å²) >= 11 is 0. The maximum atomic E-state index is 2.34. The average molecular weight is 252 g/mol. The highest BCUT2D eigenvalue weighted by atomic mass is 14.9. The average Bonchev–Trinajstić information content (AvgIpc) is 3.09. The van der Waals surface area contributed by atoms with E-state index in [1.165, 1.54) is 34.4 Å². The molecular weight excluding hydrogens is 230 g/mol. The molecule has 0 aliphatic heterocycles. The van der Waals surface area contributed by atoms with Crippen molar-refractivity contribution in [2.24, 2.45) is 13.0 Å². The monoisotopic (exact) mass is 252 g/mol. The van der Waals surface area contributed by atoms with Gasteiger partial charge in [0, 0.05) is 17.5 Å². The fourth-order valence-electron chi connectivity index (χ4n) is 2.96. The van der Waals surface area contributed by atoms with Crippen LogP contribution < -0.4 is 4.57 Å². The molecule has 0 radical (unpaired) electrons. The lowest BCUT2D eigenvalue weighted by molar-refractivity contribution is -0.679. The van der Waals surface area contributed by atoms with Crippen LogP contribution in [-0.4, -0.2) is 0 Å². The lowest BCUT2D eigenvalue weighted by Gasteiger charge is -2.08. The summed E-state index contributed by atoms with van der Waals surface area (Å²) in [5, 5.41) is 0. The zero-order chi connectivity index (χ0) is 13.6. The van der Waals surface area contributed by atoms with E-state index in [1.54, 1.807) is 0 Å². The molecule has 0 spiro atoms. The summed E-state index contributed by atoms with van der Waals surface area (Å²) in [5.74, 6) is 1.63. The number of pyridine rings is 1. The van der Waals surface area contributed by atoms with E-state index in [9.17, 15) is 0 Å². The van der Waals surface area contributed by atoms with Crippen molar-refractivity contribution in [1.29, 1.82) is 0 Å². The van der Waals surface area contributed by atoms with Gasteiger partial charge < -0.3 is 0 Å². The first-order chi connectivity index (χ1) is 9.08. The largest absolute Gasteiger partial charge is 0.204 e. The minimum absolute atomic E-state index is 0.776. The Balaban J connectivity index is 2.02. The van der Waals surface area contributed by atoms with Crippen molar-refractivity contribution in [2.75, 3.05) is 0 Å². The van der Waals surface area contributed by atoms with Crippen LogP contribution in [0.5, 0.6) is 0 Å². The molecule has 1 heterocycles. The number of hydrogen-bond acceptors (Lipinski definition) is 0. The molecule has 1 aromatic heterocycles. The van der Waals surface area contributed by atoms with Gasteiger partial charge >= 0.3 is 0 Å². The first-order valence-corrected chi connectivity index (χ1v) is 7.14. The van der Waals surface area contributed by atoms with Gasteiger partial charge in [-0.2, -0.15) is 0 Å². The zero-order valence-electron chi connectivity index (χ0n) is 12.3. The van der Waals surface area contributed by atoms with Crippen molar-refractivity contribution >= 4 is 0 Å². The number of aromatic nitrogens is 1. The van der Waals surface area contributed by atoms with Gasteiger partial charge in [0.25, 0.3) is 0 Å². The van der Waals surface area contributed by atoms with Gasteiger partial charge in [0.2, 0.25) is 0 Å². The molecule has 2 aromatic rings. The van der Waals surface area contributed by atoms with E-state index < -0.39 is 0 Å². The van der Waals surface area contributed by atoms with Crippen molar-refractivity contribution in [1.82, 2.24) is 0 Å². The Morgan fingerprint density at radius 2 is 1.84 bits per heavy atom. The highest BCUT2D eigenvalue weighted by Crippen LogP contribution is 2.45. The molecule has 0 N–H and O–H groups in total. The van der Waals surface area contributed by atoms with Gasteiger partial charge in [-0.15, -0.1) is 0 Å². The maximum absolute atomic E-state index is 2.34. The van der Waals surface area contributed by atoms with E-state index in [1.807, 2.05) is 0 Å². The Kier molecular flexibility index (Phi) is 2.93. The van der Waals surface area contributed by atoms with Crippen molar-refractivity contribution in [3.05, 3.63) is 53.3 Å². The summed E-state index contributed by atoms with van der Waals surface area (Å²) in [7, 11) is 2.18. The lowest BCUT2D eigenvalue weighted by Crippen LogP contribution is -2.33. The molecule has 0 saturated heterocycles. The molecule has 98 valence electrons. The smallest absolute Gasteiger partial charge is 0.184 e. The quantitative estimate of drug-likeness (QED) is 0.713. The Labute approximate surface area is 115 Å². The fraction of sp³-hybridized carbons (Fsp3) is 0.389. The summed E-state index contributed by atoms with van der Waals surface area (Å²) in [6.07, 6.45) is 3.62. The van der Waals surface area contributed by atoms with Gasteiger partial charge in [-0.25, -0.2) is 4.57 Å². The summed E-state index contributed by atoms with van der Waals surface area (Å²) in [6.45, 7) is 6.73. The van der Waals surface area contributed by atoms with E-state index in [-0.39, 0.29) is 0 Å². The van der Waals surface area contributed by atoms with E-state index in [0.717, 1.165) is 11.8 Å². The first kappa shape index (κ1) is 12.4. The predicted molar refractivity (Wildman–Crippen MR) is 79.1 cm³/mol. The molecule has 0 amide bonds. The molecule has 19 heavy (non-hydrogen) atoms. The fourth-order valence-corrected chi connectivity index (χ4v) is 2.96. The predicted octanol–water partition coefficient (Wildman–Crippen LogP) is 3.92. The summed E-state index contributed by atoms with van der Waals surface area (Å²) < 4.78 is 2.31. The Morgan fingerprint density at radius 1 is 1.11 bits per heavy atom. The second kappa shape index (κ2) is 4.48. The van der Waals surface area contributed by atoms with Gasteiger partial charge in [-0.05, 0) is 48.9 Å². The zero-order valence-corrected chi connectivity index (χ0v) is 12.3. The maximum Gasteiger partial charge on any atom is 0.184 e. The van der Waals surface area contributed by atoms with E-state index in [2.05, 4.69) is 68.9 Å². The third kappa shape index (κ3) is 2.18. The van der Waals surface area contributed by atoms with E-state index >= 15 is 0 Å². The molecule has 3 rings (SSSR count). The van der Waals surface area contributed by atoms with Crippen LogP contribution in [0.4, 0.5) is 0 Å². The topological polar surface area (TPSA) is 3.88 Å². The van der Waals surface area contributed by atoms with Crippen LogP contribution in [0, 0.1) is 19.8 Å². The number of rotatable bonds is 2. The van der Waals surface area contributed by atoms with Gasteiger partial charge in [-0.3, -0.25) is 0 Å². The molecule has 1 unspecified atom stereocenters. The number of aryl methyl sites for hydroxylation is 2. The molecule has 1 aliphatic rings. The Hall–Kier alpha value is -1.63. The van der Waals surface area contributed by atoms with Crippen molar-refractivity contribution in [3.63, 3.8) is 0 Å². The van der Waals surface area contributed by atoms with E-state index in [0.29, 0.717) is 0 Å². The van der Waals surface area contributed by atoms with Gasteiger partial charge in [0.05, 0.1) is 0 Å². The van der Waals surface area contributed by atoms with Gasteiger partial charge in [0.1, 0.15) is 7.05 Å². The highest BCUT2D eigenvalue weighted by molar-refractivity contribution is 5.67. The number of nitrogens with zero attached hydrogens (tertiary/aromatic N) is 1. The Bertz CT molecular complexity index is 628. The summed E-state index contributed by atoms with van der Waals surface area (Å²) in [4.78, 5) is 0. The molecule has 1 aromatic carbocycles. The van der Waals surface area contributed by atoms with Crippen LogP contribution in [0.25, 0.3) is 11.1 Å². The summed E-state index contributed by atoms with van der Waals surface area (Å²) in [5.41, 5.74) is 6.89. The standard InChI is InChI=1S/C18H22N/c1-12-6-5-7-16(14(12)3)15-8-9-18(19(4)11-15)17-10-13(17)2/h5-9,11,13,17H,10H2,1-4H3/q+1/t13-,17?/m1/s1. The molecule has 1 fully saturated rings. The third-order valence-corrected chi connectivity index (χ3v) is 4.58. The van der Waals surface area contributed by atoms with Gasteiger partial charge in [0.15, 0.2) is 11.9 Å². The van der Waals surface area contributed by atoms with Crippen molar-refractivity contribution in [2.45, 2.75) is 33.1 Å². The van der Waals surface area contributed by atoms with Crippen LogP contribution >= 0.6 is 0 Å². The Morgan fingerprint density at radius 3 is 2.47 bits per heavy atom. The molecule has 1 aliphatic carbocycles. The van der Waals surface area contributed by atoms with Crippen molar-refractivity contribution in [3.8, 4) is 11.1 Å². The van der Waals surface area contributed by atoms with Crippen molar-refractivity contribution < 1.29 is 4.57 Å². The van der Waals surface area contributed by atoms with Crippen LogP contribution in [0.2, 0.25) is 0 Å². The summed E-state index contributed by atoms with van der Waals surface area (Å²) in [6, 6.07) is 11.1. The number of hydrogen-bond donors (Lipinski definition) is 0. The SMILES string of the molecule is Cc1cccc(-c2ccc(C3C[C@H]3C)[n+](C)c2)c1C. The first-order valence-electron chi connectivity index (χ1n) is 7.14.